The van der Waals surface area contributed by atoms with Crippen LogP contribution in [0.2, 0.25) is 18.1 Å². The minimum atomic E-state index is -2.02. The van der Waals surface area contributed by atoms with Gasteiger partial charge in [-0.05, 0) is 30.1 Å². The number of benzene rings is 1. The highest BCUT2D eigenvalue weighted by molar-refractivity contribution is 6.74. The summed E-state index contributed by atoms with van der Waals surface area (Å²) in [5.41, 5.74) is 1.13. The zero-order valence-electron chi connectivity index (χ0n) is 18.1. The summed E-state index contributed by atoms with van der Waals surface area (Å²) in [4.78, 5) is 14.6. The van der Waals surface area contributed by atoms with Crippen molar-refractivity contribution in [2.45, 2.75) is 57.5 Å². The molecule has 1 aromatic carbocycles. The van der Waals surface area contributed by atoms with Gasteiger partial charge in [-0.15, -0.1) is 6.58 Å². The first-order valence-electron chi connectivity index (χ1n) is 10.2. The summed E-state index contributed by atoms with van der Waals surface area (Å²) in [6.45, 7) is 17.1. The number of piperazine rings is 1. The summed E-state index contributed by atoms with van der Waals surface area (Å²) >= 11 is 0. The molecule has 154 valence electrons. The highest BCUT2D eigenvalue weighted by Crippen LogP contribution is 2.38. The number of rotatable bonds is 8. The molecule has 2 atom stereocenters. The lowest BCUT2D eigenvalue weighted by Gasteiger charge is -2.44. The van der Waals surface area contributed by atoms with Crippen LogP contribution >= 0.6 is 0 Å². The second-order valence-corrected chi connectivity index (χ2v) is 13.7. The van der Waals surface area contributed by atoms with Gasteiger partial charge >= 0.3 is 0 Å². The van der Waals surface area contributed by atoms with E-state index >= 15 is 0 Å². The van der Waals surface area contributed by atoms with Gasteiger partial charge in [0.1, 0.15) is 0 Å². The van der Waals surface area contributed by atoms with Crippen LogP contribution < -0.4 is 5.32 Å². The van der Waals surface area contributed by atoms with Gasteiger partial charge in [0.25, 0.3) is 0 Å². The molecule has 1 N–H and O–H groups in total. The summed E-state index contributed by atoms with van der Waals surface area (Å²) in [6.07, 6.45) is 6.70. The Morgan fingerprint density at radius 3 is 2.54 bits per heavy atom. The van der Waals surface area contributed by atoms with E-state index in [-0.39, 0.29) is 23.1 Å². The SMILES string of the molecule is C=CC[C@@H]([C@H](/C=C/c1ccccc1)O[Si](C)(C)C(C)(C)C)N1CCNCC1=O. The molecule has 0 spiro atoms. The van der Waals surface area contributed by atoms with E-state index in [1.807, 2.05) is 29.2 Å². The summed E-state index contributed by atoms with van der Waals surface area (Å²) in [5, 5.41) is 3.26. The quantitative estimate of drug-likeness (QED) is 0.517. The monoisotopic (exact) mass is 400 g/mol. The third kappa shape index (κ3) is 5.90. The fourth-order valence-electron chi connectivity index (χ4n) is 3.11. The molecular formula is C23H36N2O2Si. The number of amides is 1. The molecule has 5 heteroatoms. The molecule has 0 aliphatic carbocycles. The topological polar surface area (TPSA) is 41.6 Å². The van der Waals surface area contributed by atoms with Crippen LogP contribution in [0, 0.1) is 0 Å². The van der Waals surface area contributed by atoms with E-state index in [9.17, 15) is 4.79 Å². The van der Waals surface area contributed by atoms with Crippen LogP contribution in [0.4, 0.5) is 0 Å². The Morgan fingerprint density at radius 2 is 1.96 bits per heavy atom. The van der Waals surface area contributed by atoms with Gasteiger partial charge in [-0.3, -0.25) is 4.79 Å². The molecule has 1 fully saturated rings. The van der Waals surface area contributed by atoms with E-state index in [0.717, 1.165) is 12.1 Å². The van der Waals surface area contributed by atoms with Crippen molar-refractivity contribution in [1.29, 1.82) is 0 Å². The number of carbonyl (C=O) groups excluding carboxylic acids is 1. The van der Waals surface area contributed by atoms with Gasteiger partial charge < -0.3 is 14.6 Å². The average molecular weight is 401 g/mol. The minimum absolute atomic E-state index is 0.0406. The van der Waals surface area contributed by atoms with Crippen molar-refractivity contribution in [1.82, 2.24) is 10.2 Å². The summed E-state index contributed by atoms with van der Waals surface area (Å²) in [5.74, 6) is 0.134. The fourth-order valence-corrected chi connectivity index (χ4v) is 4.38. The normalized spacial score (nSPS) is 18.3. The summed E-state index contributed by atoms with van der Waals surface area (Å²) in [7, 11) is -2.02. The maximum absolute atomic E-state index is 12.6. The summed E-state index contributed by atoms with van der Waals surface area (Å²) in [6, 6.07) is 10.2. The van der Waals surface area contributed by atoms with E-state index < -0.39 is 8.32 Å². The maximum Gasteiger partial charge on any atom is 0.236 e. The molecule has 0 radical (unpaired) electrons. The van der Waals surface area contributed by atoms with Gasteiger partial charge in [-0.1, -0.05) is 69.3 Å². The standard InChI is InChI=1S/C23H36N2O2Si/c1-7-11-20(25-17-16-24-18-22(25)26)21(27-28(5,6)23(2,3)4)15-14-19-12-9-8-10-13-19/h7-10,12-15,20-21,24H,1,11,16-18H2,2-6H3/b15-14+/t20-,21-/m0/s1. The molecule has 1 aliphatic rings. The second kappa shape index (κ2) is 9.68. The van der Waals surface area contributed by atoms with E-state index in [0.29, 0.717) is 19.5 Å². The Labute approximate surface area is 171 Å². The van der Waals surface area contributed by atoms with Gasteiger partial charge in [0.15, 0.2) is 8.32 Å². The third-order valence-electron chi connectivity index (χ3n) is 5.83. The van der Waals surface area contributed by atoms with Crippen LogP contribution in [-0.2, 0) is 9.22 Å². The van der Waals surface area contributed by atoms with Crippen LogP contribution in [0.1, 0.15) is 32.8 Å². The molecule has 4 nitrogen and oxygen atoms in total. The second-order valence-electron chi connectivity index (χ2n) is 8.97. The lowest BCUT2D eigenvalue weighted by Crippen LogP contribution is -2.57. The smallest absolute Gasteiger partial charge is 0.236 e. The highest BCUT2D eigenvalue weighted by Gasteiger charge is 2.41. The minimum Gasteiger partial charge on any atom is -0.408 e. The Hall–Kier alpha value is -1.69. The average Bonchev–Trinajstić information content (AvgIpc) is 2.64. The van der Waals surface area contributed by atoms with E-state index in [2.05, 4.69) is 70.0 Å². The largest absolute Gasteiger partial charge is 0.408 e. The van der Waals surface area contributed by atoms with Crippen LogP contribution in [-0.4, -0.2) is 50.9 Å². The van der Waals surface area contributed by atoms with Crippen molar-refractivity contribution in [3.63, 3.8) is 0 Å². The first-order chi connectivity index (χ1) is 13.2. The molecule has 0 unspecified atom stereocenters. The van der Waals surface area contributed by atoms with Crippen molar-refractivity contribution < 1.29 is 9.22 Å². The number of hydrogen-bond acceptors (Lipinski definition) is 3. The molecule has 1 aliphatic heterocycles. The molecule has 1 saturated heterocycles. The van der Waals surface area contributed by atoms with Gasteiger partial charge in [-0.25, -0.2) is 0 Å². The van der Waals surface area contributed by atoms with Crippen LogP contribution in [0.15, 0.2) is 49.1 Å². The highest BCUT2D eigenvalue weighted by atomic mass is 28.4. The molecule has 2 rings (SSSR count). The molecule has 1 heterocycles. The first kappa shape index (κ1) is 22.6. The lowest BCUT2D eigenvalue weighted by atomic mass is 10.0. The molecule has 1 amide bonds. The zero-order chi connectivity index (χ0) is 20.8. The number of nitrogens with one attached hydrogen (secondary N) is 1. The van der Waals surface area contributed by atoms with Crippen molar-refractivity contribution in [2.24, 2.45) is 0 Å². The van der Waals surface area contributed by atoms with Gasteiger partial charge in [0, 0.05) is 13.1 Å². The van der Waals surface area contributed by atoms with Crippen molar-refractivity contribution in [2.75, 3.05) is 19.6 Å². The Bertz CT molecular complexity index is 680. The third-order valence-corrected chi connectivity index (χ3v) is 10.3. The molecular weight excluding hydrogens is 364 g/mol. The van der Waals surface area contributed by atoms with Crippen molar-refractivity contribution in [3.05, 3.63) is 54.6 Å². The van der Waals surface area contributed by atoms with Crippen LogP contribution in [0.5, 0.6) is 0 Å². The van der Waals surface area contributed by atoms with Crippen molar-refractivity contribution >= 4 is 20.3 Å². The molecule has 1 aromatic rings. The zero-order valence-corrected chi connectivity index (χ0v) is 19.1. The fraction of sp³-hybridized carbons (Fsp3) is 0.522. The van der Waals surface area contributed by atoms with Crippen LogP contribution in [0.3, 0.4) is 0 Å². The van der Waals surface area contributed by atoms with Gasteiger partial charge in [0.2, 0.25) is 5.91 Å². The number of carbonyl (C=O) groups is 1. The van der Waals surface area contributed by atoms with E-state index in [1.54, 1.807) is 0 Å². The van der Waals surface area contributed by atoms with Crippen molar-refractivity contribution in [3.8, 4) is 0 Å². The molecule has 0 saturated carbocycles. The molecule has 0 aromatic heterocycles. The number of nitrogens with zero attached hydrogens (tertiary/aromatic N) is 1. The maximum atomic E-state index is 12.6. The number of hydrogen-bond donors (Lipinski definition) is 1. The van der Waals surface area contributed by atoms with Crippen LogP contribution in [0.25, 0.3) is 6.08 Å². The lowest BCUT2D eigenvalue weighted by molar-refractivity contribution is -0.136. The van der Waals surface area contributed by atoms with Gasteiger partial charge in [0.05, 0.1) is 18.7 Å². The van der Waals surface area contributed by atoms with E-state index in [4.69, 9.17) is 4.43 Å². The van der Waals surface area contributed by atoms with E-state index in [1.165, 1.54) is 0 Å². The Balaban J connectivity index is 2.36. The predicted octanol–water partition coefficient (Wildman–Crippen LogP) is 4.47. The predicted molar refractivity (Wildman–Crippen MR) is 121 cm³/mol. The molecule has 0 bridgehead atoms. The first-order valence-corrected chi connectivity index (χ1v) is 13.1. The van der Waals surface area contributed by atoms with Gasteiger partial charge in [-0.2, -0.15) is 0 Å². The summed E-state index contributed by atoms with van der Waals surface area (Å²) < 4.78 is 6.83. The Morgan fingerprint density at radius 1 is 1.29 bits per heavy atom. The molecule has 28 heavy (non-hydrogen) atoms. The Kier molecular flexibility index (Phi) is 7.81.